The summed E-state index contributed by atoms with van der Waals surface area (Å²) in [5, 5.41) is 7.47. The van der Waals surface area contributed by atoms with Crippen molar-refractivity contribution >= 4 is 28.6 Å². The average molecular weight is 411 g/mol. The third-order valence-corrected chi connectivity index (χ3v) is 5.59. The highest BCUT2D eigenvalue weighted by atomic mass is 32.2. The van der Waals surface area contributed by atoms with Gasteiger partial charge in [0.2, 0.25) is 0 Å². The maximum Gasteiger partial charge on any atom is 0.287 e. The van der Waals surface area contributed by atoms with E-state index in [9.17, 15) is 4.79 Å². The first kappa shape index (κ1) is 21.5. The van der Waals surface area contributed by atoms with Crippen LogP contribution >= 0.6 is 11.8 Å². The number of nitrogens with one attached hydrogen (secondary N) is 2. The average Bonchev–Trinajstić information content (AvgIpc) is 3.06. The number of fused-ring (bicyclic) bond motifs is 1. The predicted molar refractivity (Wildman–Crippen MR) is 122 cm³/mol. The minimum Gasteiger partial charge on any atom is -0.451 e. The molecule has 0 unspecified atom stereocenters. The molecule has 0 bridgehead atoms. The Balaban J connectivity index is 1.63. The van der Waals surface area contributed by atoms with Gasteiger partial charge in [-0.2, -0.15) is 11.8 Å². The first-order chi connectivity index (χ1) is 13.9. The summed E-state index contributed by atoms with van der Waals surface area (Å²) in [5.74, 6) is 1.95. The van der Waals surface area contributed by atoms with Gasteiger partial charge in [0.05, 0.1) is 0 Å². The highest BCUT2D eigenvalue weighted by molar-refractivity contribution is 7.97. The normalized spacial score (nSPS) is 11.7. The zero-order chi connectivity index (χ0) is 20.7. The van der Waals surface area contributed by atoms with Crippen LogP contribution in [-0.4, -0.2) is 24.5 Å². The van der Waals surface area contributed by atoms with Gasteiger partial charge in [-0.15, -0.1) is 0 Å². The third kappa shape index (κ3) is 6.38. The summed E-state index contributed by atoms with van der Waals surface area (Å²) in [5.41, 5.74) is 3.11. The standard InChI is InChI=1S/C24H30N2O2S/c1-24(2,3)26-15-9-14-25-23(27)22-20(19-12-7-8-13-21(19)28-22)17-29-16-18-10-5-4-6-11-18/h4-8,10-13,26H,9,14-17H2,1-3H3,(H,25,27). The summed E-state index contributed by atoms with van der Waals surface area (Å²) in [7, 11) is 0. The van der Waals surface area contributed by atoms with E-state index >= 15 is 0 Å². The molecule has 0 aliphatic rings. The lowest BCUT2D eigenvalue weighted by atomic mass is 10.1. The van der Waals surface area contributed by atoms with Crippen LogP contribution in [-0.2, 0) is 11.5 Å². The van der Waals surface area contributed by atoms with Crippen molar-refractivity contribution in [2.75, 3.05) is 13.1 Å². The molecule has 0 saturated heterocycles. The van der Waals surface area contributed by atoms with Gasteiger partial charge in [-0.3, -0.25) is 4.79 Å². The Hall–Kier alpha value is -2.24. The van der Waals surface area contributed by atoms with E-state index in [2.05, 4.69) is 55.7 Å². The van der Waals surface area contributed by atoms with Crippen molar-refractivity contribution in [3.05, 3.63) is 71.5 Å². The minimum atomic E-state index is -0.132. The van der Waals surface area contributed by atoms with Crippen molar-refractivity contribution < 1.29 is 9.21 Å². The lowest BCUT2D eigenvalue weighted by Crippen LogP contribution is -2.37. The quantitative estimate of drug-likeness (QED) is 0.465. The molecule has 2 aromatic carbocycles. The van der Waals surface area contributed by atoms with Gasteiger partial charge >= 0.3 is 0 Å². The number of furan rings is 1. The summed E-state index contributed by atoms with van der Waals surface area (Å²) < 4.78 is 5.93. The molecular formula is C24H30N2O2S. The van der Waals surface area contributed by atoms with Gasteiger partial charge in [0, 0.05) is 34.5 Å². The first-order valence-corrected chi connectivity index (χ1v) is 11.2. The maximum absolute atomic E-state index is 12.8. The zero-order valence-electron chi connectivity index (χ0n) is 17.5. The number of carbonyl (C=O) groups excluding carboxylic acids is 1. The fourth-order valence-electron chi connectivity index (χ4n) is 3.10. The van der Waals surface area contributed by atoms with E-state index in [0.29, 0.717) is 12.3 Å². The van der Waals surface area contributed by atoms with Crippen LogP contribution in [0.1, 0.15) is 48.9 Å². The molecule has 4 nitrogen and oxygen atoms in total. The number of carbonyl (C=O) groups is 1. The van der Waals surface area contributed by atoms with Gasteiger partial charge in [-0.25, -0.2) is 0 Å². The molecule has 0 radical (unpaired) electrons. The molecule has 3 aromatic rings. The molecular weight excluding hydrogens is 380 g/mol. The Morgan fingerprint density at radius 1 is 0.966 bits per heavy atom. The van der Waals surface area contributed by atoms with E-state index in [0.717, 1.165) is 41.0 Å². The number of thioether (sulfide) groups is 1. The smallest absolute Gasteiger partial charge is 0.287 e. The lowest BCUT2D eigenvalue weighted by molar-refractivity contribution is 0.0926. The largest absolute Gasteiger partial charge is 0.451 e. The van der Waals surface area contributed by atoms with Gasteiger partial charge in [-0.05, 0) is 45.4 Å². The van der Waals surface area contributed by atoms with E-state index < -0.39 is 0 Å². The molecule has 0 aliphatic carbocycles. The SMILES string of the molecule is CC(C)(C)NCCCNC(=O)c1oc2ccccc2c1CSCc1ccccc1. The van der Waals surface area contributed by atoms with Crippen LogP contribution in [0.3, 0.4) is 0 Å². The second-order valence-corrected chi connectivity index (χ2v) is 9.16. The number of hydrogen-bond donors (Lipinski definition) is 2. The van der Waals surface area contributed by atoms with Crippen LogP contribution in [0.2, 0.25) is 0 Å². The van der Waals surface area contributed by atoms with Gasteiger partial charge in [0.15, 0.2) is 5.76 Å². The topological polar surface area (TPSA) is 54.3 Å². The van der Waals surface area contributed by atoms with Gasteiger partial charge < -0.3 is 15.1 Å². The van der Waals surface area contributed by atoms with E-state index in [1.165, 1.54) is 5.56 Å². The van der Waals surface area contributed by atoms with Gasteiger partial charge in [0.25, 0.3) is 5.91 Å². The third-order valence-electron chi connectivity index (χ3n) is 4.56. The summed E-state index contributed by atoms with van der Waals surface area (Å²) in [6.45, 7) is 7.90. The van der Waals surface area contributed by atoms with Crippen molar-refractivity contribution in [3.63, 3.8) is 0 Å². The summed E-state index contributed by atoms with van der Waals surface area (Å²) >= 11 is 1.80. The predicted octanol–water partition coefficient (Wildman–Crippen LogP) is 5.37. The molecule has 0 atom stereocenters. The molecule has 1 aromatic heterocycles. The van der Waals surface area contributed by atoms with E-state index in [1.807, 2.05) is 30.3 Å². The monoisotopic (exact) mass is 410 g/mol. The lowest BCUT2D eigenvalue weighted by Gasteiger charge is -2.20. The summed E-state index contributed by atoms with van der Waals surface area (Å²) in [6, 6.07) is 18.3. The van der Waals surface area contributed by atoms with E-state index in [-0.39, 0.29) is 11.4 Å². The minimum absolute atomic E-state index is 0.0892. The molecule has 3 rings (SSSR count). The Kier molecular flexibility index (Phi) is 7.40. The Morgan fingerprint density at radius 3 is 2.45 bits per heavy atom. The molecule has 1 amide bonds. The molecule has 1 heterocycles. The zero-order valence-corrected chi connectivity index (χ0v) is 18.3. The number of amides is 1. The van der Waals surface area contributed by atoms with Crippen molar-refractivity contribution in [2.45, 2.75) is 44.2 Å². The van der Waals surface area contributed by atoms with Gasteiger partial charge in [0.1, 0.15) is 5.58 Å². The summed E-state index contributed by atoms with van der Waals surface area (Å²) in [6.07, 6.45) is 0.876. The van der Waals surface area contributed by atoms with Crippen LogP contribution in [0.5, 0.6) is 0 Å². The second kappa shape index (κ2) is 9.99. The van der Waals surface area contributed by atoms with Gasteiger partial charge in [-0.1, -0.05) is 48.5 Å². The molecule has 0 saturated carbocycles. The molecule has 5 heteroatoms. The van der Waals surface area contributed by atoms with E-state index in [1.54, 1.807) is 11.8 Å². The van der Waals surface area contributed by atoms with Crippen LogP contribution in [0.25, 0.3) is 11.0 Å². The molecule has 154 valence electrons. The Morgan fingerprint density at radius 2 is 1.69 bits per heavy atom. The van der Waals surface area contributed by atoms with E-state index in [4.69, 9.17) is 4.42 Å². The van der Waals surface area contributed by atoms with Crippen LogP contribution in [0, 0.1) is 0 Å². The fourth-order valence-corrected chi connectivity index (χ4v) is 4.13. The van der Waals surface area contributed by atoms with Crippen molar-refractivity contribution in [1.82, 2.24) is 10.6 Å². The number of benzene rings is 2. The van der Waals surface area contributed by atoms with Crippen LogP contribution in [0.15, 0.2) is 59.0 Å². The van der Waals surface area contributed by atoms with Crippen molar-refractivity contribution in [1.29, 1.82) is 0 Å². The second-order valence-electron chi connectivity index (χ2n) is 8.17. The molecule has 0 fully saturated rings. The number of rotatable bonds is 9. The maximum atomic E-state index is 12.8. The fraction of sp³-hybridized carbons (Fsp3) is 0.375. The van der Waals surface area contributed by atoms with Crippen molar-refractivity contribution in [2.24, 2.45) is 0 Å². The highest BCUT2D eigenvalue weighted by Crippen LogP contribution is 2.30. The van der Waals surface area contributed by atoms with Crippen molar-refractivity contribution in [3.8, 4) is 0 Å². The Bertz CT molecular complexity index is 929. The summed E-state index contributed by atoms with van der Waals surface area (Å²) in [4.78, 5) is 12.8. The molecule has 0 spiro atoms. The molecule has 29 heavy (non-hydrogen) atoms. The molecule has 2 N–H and O–H groups in total. The highest BCUT2D eigenvalue weighted by Gasteiger charge is 2.20. The van der Waals surface area contributed by atoms with Crippen LogP contribution < -0.4 is 10.6 Å². The first-order valence-electron chi connectivity index (χ1n) is 10.1. The number of para-hydroxylation sites is 1. The Labute approximate surface area is 177 Å². The number of hydrogen-bond acceptors (Lipinski definition) is 4. The molecule has 0 aliphatic heterocycles. The van der Waals surface area contributed by atoms with Crippen LogP contribution in [0.4, 0.5) is 0 Å².